The Morgan fingerprint density at radius 3 is 2.74 bits per heavy atom. The van der Waals surface area contributed by atoms with Crippen LogP contribution in [0.4, 0.5) is 11.6 Å². The van der Waals surface area contributed by atoms with Crippen LogP contribution in [0.2, 0.25) is 0 Å². The summed E-state index contributed by atoms with van der Waals surface area (Å²) in [6.07, 6.45) is 2.20. The summed E-state index contributed by atoms with van der Waals surface area (Å²) >= 11 is 0. The highest BCUT2D eigenvalue weighted by Crippen LogP contribution is 2.30. The molecule has 7 heteroatoms. The monoisotopic (exact) mass is 417 g/mol. The van der Waals surface area contributed by atoms with Crippen LogP contribution in [0, 0.1) is 0 Å². The highest BCUT2D eigenvalue weighted by atomic mass is 16.2. The van der Waals surface area contributed by atoms with Gasteiger partial charge in [0.1, 0.15) is 0 Å². The Morgan fingerprint density at radius 2 is 1.90 bits per heavy atom. The number of carbonyl (C=O) groups is 2. The number of fused-ring (bicyclic) bond motifs is 2. The number of nitrogens with one attached hydrogen (secondary N) is 1. The molecule has 5 rings (SSSR count). The lowest BCUT2D eigenvalue weighted by Gasteiger charge is -2.22. The van der Waals surface area contributed by atoms with Gasteiger partial charge >= 0.3 is 0 Å². The number of para-hydroxylation sites is 2. The van der Waals surface area contributed by atoms with Gasteiger partial charge in [0.15, 0.2) is 0 Å². The molecule has 3 heterocycles. The first kappa shape index (κ1) is 19.6. The summed E-state index contributed by atoms with van der Waals surface area (Å²) < 4.78 is 0. The first-order chi connectivity index (χ1) is 15.1. The topological polar surface area (TPSA) is 72.5 Å². The number of H-pyrrole nitrogens is 1. The molecule has 1 aromatic heterocycles. The summed E-state index contributed by atoms with van der Waals surface area (Å²) in [7, 11) is 0. The number of carbonyl (C=O) groups excluding carboxylic acids is 2. The zero-order valence-electron chi connectivity index (χ0n) is 17.8. The number of benzene rings is 2. The van der Waals surface area contributed by atoms with Crippen molar-refractivity contribution in [1.82, 2.24) is 14.9 Å². The summed E-state index contributed by atoms with van der Waals surface area (Å²) in [5.41, 5.74) is 4.75. The van der Waals surface area contributed by atoms with E-state index < -0.39 is 0 Å². The molecule has 7 nitrogen and oxygen atoms in total. The van der Waals surface area contributed by atoms with E-state index in [-0.39, 0.29) is 11.8 Å². The van der Waals surface area contributed by atoms with Crippen LogP contribution in [-0.4, -0.2) is 59.4 Å². The molecule has 1 N–H and O–H groups in total. The Morgan fingerprint density at radius 1 is 1.03 bits per heavy atom. The summed E-state index contributed by atoms with van der Waals surface area (Å²) in [4.78, 5) is 39.4. The van der Waals surface area contributed by atoms with Gasteiger partial charge in [-0.3, -0.25) is 9.59 Å². The molecule has 2 amide bonds. The van der Waals surface area contributed by atoms with Crippen LogP contribution in [0.15, 0.2) is 42.5 Å². The van der Waals surface area contributed by atoms with Crippen molar-refractivity contribution in [3.63, 3.8) is 0 Å². The van der Waals surface area contributed by atoms with Crippen molar-refractivity contribution in [2.24, 2.45) is 0 Å². The number of hydrogen-bond donors (Lipinski definition) is 1. The Hall–Kier alpha value is -3.35. The van der Waals surface area contributed by atoms with Gasteiger partial charge in [0.05, 0.1) is 11.0 Å². The van der Waals surface area contributed by atoms with Crippen molar-refractivity contribution in [2.75, 3.05) is 42.5 Å². The van der Waals surface area contributed by atoms with Crippen molar-refractivity contribution < 1.29 is 9.59 Å². The van der Waals surface area contributed by atoms with Crippen LogP contribution < -0.4 is 9.80 Å². The molecule has 0 atom stereocenters. The molecule has 0 spiro atoms. The third-order valence-corrected chi connectivity index (χ3v) is 6.29. The molecule has 0 radical (unpaired) electrons. The number of imidazole rings is 1. The van der Waals surface area contributed by atoms with Crippen LogP contribution in [0.1, 0.15) is 35.7 Å². The third kappa shape index (κ3) is 3.65. The number of rotatable bonds is 3. The molecule has 3 aromatic rings. The highest BCUT2D eigenvalue weighted by Gasteiger charge is 2.26. The van der Waals surface area contributed by atoms with E-state index in [0.29, 0.717) is 25.1 Å². The van der Waals surface area contributed by atoms with Gasteiger partial charge in [-0.05, 0) is 48.7 Å². The summed E-state index contributed by atoms with van der Waals surface area (Å²) in [5.74, 6) is 1.07. The number of nitrogens with zero attached hydrogens (tertiary/aromatic N) is 4. The molecular weight excluding hydrogens is 390 g/mol. The molecule has 1 saturated heterocycles. The fourth-order valence-electron chi connectivity index (χ4n) is 4.59. The van der Waals surface area contributed by atoms with E-state index in [1.165, 1.54) is 0 Å². The Balaban J connectivity index is 1.29. The molecule has 31 heavy (non-hydrogen) atoms. The minimum absolute atomic E-state index is 0.0644. The Bertz CT molecular complexity index is 1100. The first-order valence-corrected chi connectivity index (χ1v) is 11.1. The lowest BCUT2D eigenvalue weighted by Crippen LogP contribution is -2.35. The van der Waals surface area contributed by atoms with E-state index in [9.17, 15) is 9.59 Å². The maximum Gasteiger partial charge on any atom is 0.253 e. The zero-order chi connectivity index (χ0) is 21.4. The maximum absolute atomic E-state index is 13.2. The van der Waals surface area contributed by atoms with Crippen molar-refractivity contribution in [1.29, 1.82) is 0 Å². The van der Waals surface area contributed by atoms with Crippen LogP contribution in [0.3, 0.4) is 0 Å². The Labute approximate surface area is 181 Å². The van der Waals surface area contributed by atoms with Gasteiger partial charge in [-0.2, -0.15) is 0 Å². The van der Waals surface area contributed by atoms with E-state index in [1.807, 2.05) is 59.2 Å². The largest absolute Gasteiger partial charge is 0.341 e. The standard InChI is InChI=1S/C24H27N5O2/c1-2-22(30)29-13-10-17-16-18(8-9-21(17)29)23(31)27-11-5-12-28(15-14-27)24-25-19-6-3-4-7-20(19)26-24/h3-4,6-9,16H,2,5,10-15H2,1H3,(H,25,26). The molecule has 0 aliphatic carbocycles. The van der Waals surface area contributed by atoms with E-state index in [0.717, 1.165) is 60.7 Å². The van der Waals surface area contributed by atoms with Crippen LogP contribution in [-0.2, 0) is 11.2 Å². The normalized spacial score (nSPS) is 16.5. The smallest absolute Gasteiger partial charge is 0.253 e. The van der Waals surface area contributed by atoms with Crippen LogP contribution >= 0.6 is 0 Å². The molecule has 1 fully saturated rings. The average Bonchev–Trinajstić information content (AvgIpc) is 3.34. The predicted molar refractivity (Wildman–Crippen MR) is 122 cm³/mol. The number of amides is 2. The minimum atomic E-state index is 0.0644. The number of aromatic nitrogens is 2. The van der Waals surface area contributed by atoms with E-state index in [4.69, 9.17) is 4.98 Å². The van der Waals surface area contributed by atoms with E-state index >= 15 is 0 Å². The molecule has 0 saturated carbocycles. The second-order valence-corrected chi connectivity index (χ2v) is 8.20. The summed E-state index contributed by atoms with van der Waals surface area (Å²) in [6, 6.07) is 13.8. The number of anilines is 2. The van der Waals surface area contributed by atoms with Gasteiger partial charge in [0, 0.05) is 50.4 Å². The van der Waals surface area contributed by atoms with Crippen molar-refractivity contribution in [3.05, 3.63) is 53.6 Å². The lowest BCUT2D eigenvalue weighted by atomic mass is 10.1. The van der Waals surface area contributed by atoms with Gasteiger partial charge in [0.25, 0.3) is 5.91 Å². The van der Waals surface area contributed by atoms with Gasteiger partial charge in [-0.1, -0.05) is 19.1 Å². The minimum Gasteiger partial charge on any atom is -0.341 e. The van der Waals surface area contributed by atoms with Crippen LogP contribution in [0.25, 0.3) is 11.0 Å². The van der Waals surface area contributed by atoms with Crippen molar-refractivity contribution in [3.8, 4) is 0 Å². The maximum atomic E-state index is 13.2. The zero-order valence-corrected chi connectivity index (χ0v) is 17.8. The van der Waals surface area contributed by atoms with Crippen LogP contribution in [0.5, 0.6) is 0 Å². The highest BCUT2D eigenvalue weighted by molar-refractivity contribution is 5.98. The summed E-state index contributed by atoms with van der Waals surface area (Å²) in [6.45, 7) is 5.58. The number of aromatic amines is 1. The van der Waals surface area contributed by atoms with Gasteiger partial charge in [0.2, 0.25) is 11.9 Å². The van der Waals surface area contributed by atoms with E-state index in [1.54, 1.807) is 0 Å². The van der Waals surface area contributed by atoms with Crippen molar-refractivity contribution >= 4 is 34.5 Å². The molecule has 2 aliphatic heterocycles. The molecule has 160 valence electrons. The molecule has 0 bridgehead atoms. The molecule has 2 aromatic carbocycles. The molecular formula is C24H27N5O2. The fraction of sp³-hybridized carbons (Fsp3) is 0.375. The van der Waals surface area contributed by atoms with E-state index in [2.05, 4.69) is 9.88 Å². The first-order valence-electron chi connectivity index (χ1n) is 11.1. The second kappa shape index (κ2) is 8.06. The molecule has 2 aliphatic rings. The average molecular weight is 418 g/mol. The lowest BCUT2D eigenvalue weighted by molar-refractivity contribution is -0.118. The van der Waals surface area contributed by atoms with Gasteiger partial charge in [-0.15, -0.1) is 0 Å². The summed E-state index contributed by atoms with van der Waals surface area (Å²) in [5, 5.41) is 0. The van der Waals surface area contributed by atoms with Crippen molar-refractivity contribution in [2.45, 2.75) is 26.2 Å². The van der Waals surface area contributed by atoms with Gasteiger partial charge < -0.3 is 19.7 Å². The quantitative estimate of drug-likeness (QED) is 0.710. The second-order valence-electron chi connectivity index (χ2n) is 8.20. The predicted octanol–water partition coefficient (Wildman–Crippen LogP) is 3.21. The Kier molecular flexibility index (Phi) is 5.10. The molecule has 0 unspecified atom stereocenters. The SMILES string of the molecule is CCC(=O)N1CCc2cc(C(=O)N3CCCN(c4nc5ccccc5[nH]4)CC3)ccc21. The van der Waals surface area contributed by atoms with Gasteiger partial charge in [-0.25, -0.2) is 4.98 Å². The number of hydrogen-bond acceptors (Lipinski definition) is 4. The fourth-order valence-corrected chi connectivity index (χ4v) is 4.59. The third-order valence-electron chi connectivity index (χ3n) is 6.29.